The van der Waals surface area contributed by atoms with E-state index in [4.69, 9.17) is 0 Å². The minimum atomic E-state index is -4.40. The van der Waals surface area contributed by atoms with Crippen LogP contribution in [0.3, 0.4) is 0 Å². The number of carbonyl (C=O) groups is 3. The Morgan fingerprint density at radius 2 is 1.80 bits per heavy atom. The Morgan fingerprint density at radius 3 is 2.43 bits per heavy atom. The number of anilines is 1. The van der Waals surface area contributed by atoms with Crippen LogP contribution in [0.15, 0.2) is 48.5 Å². The Kier molecular flexibility index (Phi) is 6.09. The molecule has 1 aliphatic rings. The first-order valence-corrected chi connectivity index (χ1v) is 9.12. The van der Waals surface area contributed by atoms with Crippen molar-refractivity contribution < 1.29 is 32.3 Å². The summed E-state index contributed by atoms with van der Waals surface area (Å²) >= 11 is 0. The van der Waals surface area contributed by atoms with Crippen LogP contribution < -0.4 is 10.6 Å². The number of hydrogen-bond acceptors (Lipinski definition) is 4. The molecule has 0 heterocycles. The normalized spacial score (nSPS) is 17.7. The zero-order valence-electron chi connectivity index (χ0n) is 16.0. The number of methoxy groups -OCH3 is 1. The van der Waals surface area contributed by atoms with Crippen molar-refractivity contribution in [3.63, 3.8) is 0 Å². The van der Waals surface area contributed by atoms with Gasteiger partial charge in [-0.2, -0.15) is 13.2 Å². The van der Waals surface area contributed by atoms with Gasteiger partial charge in [0.05, 0.1) is 12.7 Å². The lowest BCUT2D eigenvalue weighted by molar-refractivity contribution is -0.139. The molecule has 0 radical (unpaired) electrons. The van der Waals surface area contributed by atoms with E-state index in [1.807, 2.05) is 0 Å². The zero-order chi connectivity index (χ0) is 21.9. The number of rotatable bonds is 6. The summed E-state index contributed by atoms with van der Waals surface area (Å²) in [5.74, 6) is -1.84. The van der Waals surface area contributed by atoms with Crippen molar-refractivity contribution >= 4 is 23.5 Å². The molecule has 1 fully saturated rings. The van der Waals surface area contributed by atoms with Crippen LogP contribution in [0.4, 0.5) is 18.9 Å². The van der Waals surface area contributed by atoms with Gasteiger partial charge in [0.2, 0.25) is 5.91 Å². The lowest BCUT2D eigenvalue weighted by Crippen LogP contribution is -2.30. The third kappa shape index (κ3) is 5.16. The summed E-state index contributed by atoms with van der Waals surface area (Å²) in [6, 6.07) is 11.0. The molecule has 6 nitrogen and oxygen atoms in total. The molecule has 2 N–H and O–H groups in total. The van der Waals surface area contributed by atoms with Crippen LogP contribution in [0.2, 0.25) is 0 Å². The van der Waals surface area contributed by atoms with E-state index in [1.54, 1.807) is 12.1 Å². The molecule has 2 unspecified atom stereocenters. The molecule has 3 rings (SSSR count). The van der Waals surface area contributed by atoms with Crippen molar-refractivity contribution in [2.45, 2.75) is 18.5 Å². The van der Waals surface area contributed by atoms with Gasteiger partial charge in [0.15, 0.2) is 0 Å². The summed E-state index contributed by atoms with van der Waals surface area (Å²) < 4.78 is 42.4. The average Bonchev–Trinajstić information content (AvgIpc) is 3.52. The molecule has 158 valence electrons. The second-order valence-electron chi connectivity index (χ2n) is 6.90. The van der Waals surface area contributed by atoms with Gasteiger partial charge in [-0.25, -0.2) is 0 Å². The molecular weight excluding hydrogens is 401 g/mol. The van der Waals surface area contributed by atoms with Crippen molar-refractivity contribution in [1.82, 2.24) is 5.32 Å². The summed E-state index contributed by atoms with van der Waals surface area (Å²) in [6.45, 7) is -0.275. The first-order valence-electron chi connectivity index (χ1n) is 9.12. The highest BCUT2D eigenvalue weighted by Crippen LogP contribution is 2.48. The summed E-state index contributed by atoms with van der Waals surface area (Å²) in [6.07, 6.45) is -3.86. The summed E-state index contributed by atoms with van der Waals surface area (Å²) in [7, 11) is 1.21. The third-order valence-corrected chi connectivity index (χ3v) is 4.81. The second-order valence-corrected chi connectivity index (χ2v) is 6.90. The number of benzene rings is 2. The number of carbonyl (C=O) groups excluding carboxylic acids is 3. The number of halogens is 3. The highest BCUT2D eigenvalue weighted by Gasteiger charge is 2.44. The van der Waals surface area contributed by atoms with Gasteiger partial charge in [-0.3, -0.25) is 14.4 Å². The largest absolute Gasteiger partial charge is 0.468 e. The topological polar surface area (TPSA) is 84.5 Å². The Balaban J connectivity index is 1.58. The van der Waals surface area contributed by atoms with E-state index in [0.29, 0.717) is 17.7 Å². The smallest absolute Gasteiger partial charge is 0.416 e. The SMILES string of the molecule is COC(=O)CNC(=O)c1cccc(NC(=O)C2CC2c2ccc(C(F)(F)F)cc2)c1. The quantitative estimate of drug-likeness (QED) is 0.702. The maximum atomic E-state index is 12.7. The Morgan fingerprint density at radius 1 is 1.10 bits per heavy atom. The fourth-order valence-electron chi connectivity index (χ4n) is 3.07. The molecule has 2 aromatic carbocycles. The monoisotopic (exact) mass is 420 g/mol. The fraction of sp³-hybridized carbons (Fsp3) is 0.286. The number of ether oxygens (including phenoxy) is 1. The highest BCUT2D eigenvalue weighted by molar-refractivity contribution is 5.99. The first-order chi connectivity index (χ1) is 14.2. The van der Waals surface area contributed by atoms with Crippen LogP contribution in [0.25, 0.3) is 0 Å². The Bertz CT molecular complexity index is 957. The predicted octanol–water partition coefficient (Wildman–Crippen LogP) is 3.35. The van der Waals surface area contributed by atoms with Crippen LogP contribution >= 0.6 is 0 Å². The van der Waals surface area contributed by atoms with Gasteiger partial charge in [-0.1, -0.05) is 18.2 Å². The summed E-state index contributed by atoms with van der Waals surface area (Å²) in [4.78, 5) is 35.6. The number of alkyl halides is 3. The second kappa shape index (κ2) is 8.56. The molecule has 1 saturated carbocycles. The van der Waals surface area contributed by atoms with Crippen molar-refractivity contribution in [3.8, 4) is 0 Å². The number of nitrogens with one attached hydrogen (secondary N) is 2. The lowest BCUT2D eigenvalue weighted by atomic mass is 10.1. The van der Waals surface area contributed by atoms with E-state index in [9.17, 15) is 27.6 Å². The van der Waals surface area contributed by atoms with E-state index in [0.717, 1.165) is 12.1 Å². The van der Waals surface area contributed by atoms with Crippen LogP contribution in [0.5, 0.6) is 0 Å². The summed E-state index contributed by atoms with van der Waals surface area (Å²) in [5, 5.41) is 5.12. The van der Waals surface area contributed by atoms with Crippen LogP contribution in [0, 0.1) is 5.92 Å². The van der Waals surface area contributed by atoms with Gasteiger partial charge in [0, 0.05) is 17.2 Å². The minimum Gasteiger partial charge on any atom is -0.468 e. The van der Waals surface area contributed by atoms with Crippen molar-refractivity contribution in [1.29, 1.82) is 0 Å². The Labute approximate surface area is 170 Å². The lowest BCUT2D eigenvalue weighted by Gasteiger charge is -2.09. The zero-order valence-corrected chi connectivity index (χ0v) is 16.0. The number of esters is 1. The van der Waals surface area contributed by atoms with E-state index >= 15 is 0 Å². The first kappa shape index (κ1) is 21.4. The Hall–Kier alpha value is -3.36. The number of amides is 2. The van der Waals surface area contributed by atoms with E-state index in [-0.39, 0.29) is 29.9 Å². The molecule has 2 atom stereocenters. The molecule has 1 aliphatic carbocycles. The maximum absolute atomic E-state index is 12.7. The van der Waals surface area contributed by atoms with E-state index < -0.39 is 23.6 Å². The van der Waals surface area contributed by atoms with Gasteiger partial charge in [-0.05, 0) is 48.2 Å². The van der Waals surface area contributed by atoms with Crippen LogP contribution in [-0.4, -0.2) is 31.4 Å². The van der Waals surface area contributed by atoms with Gasteiger partial charge in [0.1, 0.15) is 6.54 Å². The number of hydrogen-bond donors (Lipinski definition) is 2. The molecule has 2 aromatic rings. The highest BCUT2D eigenvalue weighted by atomic mass is 19.4. The molecule has 0 aromatic heterocycles. The molecule has 9 heteroatoms. The minimum absolute atomic E-state index is 0.140. The molecule has 30 heavy (non-hydrogen) atoms. The van der Waals surface area contributed by atoms with Crippen molar-refractivity contribution in [2.75, 3.05) is 19.0 Å². The van der Waals surface area contributed by atoms with Gasteiger partial charge in [-0.15, -0.1) is 0 Å². The molecule has 0 bridgehead atoms. The van der Waals surface area contributed by atoms with E-state index in [2.05, 4.69) is 15.4 Å². The molecular formula is C21H19F3N2O4. The average molecular weight is 420 g/mol. The standard InChI is InChI=1S/C21H19F3N2O4/c1-30-18(27)11-25-19(28)13-3-2-4-15(9-13)26-20(29)17-10-16(17)12-5-7-14(8-6-12)21(22,23)24/h2-9,16-17H,10-11H2,1H3,(H,25,28)(H,26,29). The maximum Gasteiger partial charge on any atom is 0.416 e. The van der Waals surface area contributed by atoms with Crippen LogP contribution in [0.1, 0.15) is 33.8 Å². The van der Waals surface area contributed by atoms with Gasteiger partial charge < -0.3 is 15.4 Å². The van der Waals surface area contributed by atoms with Crippen molar-refractivity contribution in [3.05, 3.63) is 65.2 Å². The van der Waals surface area contributed by atoms with Crippen LogP contribution in [-0.2, 0) is 20.5 Å². The van der Waals surface area contributed by atoms with Gasteiger partial charge >= 0.3 is 12.1 Å². The predicted molar refractivity (Wildman–Crippen MR) is 102 cm³/mol. The van der Waals surface area contributed by atoms with E-state index in [1.165, 1.54) is 31.4 Å². The molecule has 0 saturated heterocycles. The van der Waals surface area contributed by atoms with Gasteiger partial charge in [0.25, 0.3) is 5.91 Å². The fourth-order valence-corrected chi connectivity index (χ4v) is 3.07. The molecule has 0 aliphatic heterocycles. The molecule has 0 spiro atoms. The third-order valence-electron chi connectivity index (χ3n) is 4.81. The molecule has 2 amide bonds. The summed E-state index contributed by atoms with van der Waals surface area (Å²) in [5.41, 5.74) is 0.616. The van der Waals surface area contributed by atoms with Crippen molar-refractivity contribution in [2.24, 2.45) is 5.92 Å².